The molecule has 3 N–H and O–H groups in total. The summed E-state index contributed by atoms with van der Waals surface area (Å²) in [6, 6.07) is 7.78. The van der Waals surface area contributed by atoms with E-state index in [0.29, 0.717) is 36.8 Å². The van der Waals surface area contributed by atoms with Gasteiger partial charge in [-0.3, -0.25) is 19.4 Å². The lowest BCUT2D eigenvalue weighted by atomic mass is 10.0. The molecule has 0 bridgehead atoms. The zero-order valence-corrected chi connectivity index (χ0v) is 18.7. The number of hydrogen-bond donors (Lipinski definition) is 2. The van der Waals surface area contributed by atoms with Crippen molar-refractivity contribution < 1.29 is 14.4 Å². The van der Waals surface area contributed by atoms with Crippen molar-refractivity contribution in [1.82, 2.24) is 15.4 Å². The summed E-state index contributed by atoms with van der Waals surface area (Å²) in [4.78, 5) is 38.5. The van der Waals surface area contributed by atoms with Gasteiger partial charge in [0.25, 0.3) is 5.91 Å². The van der Waals surface area contributed by atoms with Crippen LogP contribution in [-0.4, -0.2) is 40.8 Å². The van der Waals surface area contributed by atoms with E-state index in [2.05, 4.69) is 15.3 Å². The first kappa shape index (κ1) is 23.1. The van der Waals surface area contributed by atoms with Gasteiger partial charge in [0.05, 0.1) is 12.3 Å². The van der Waals surface area contributed by atoms with Crippen molar-refractivity contribution in [3.05, 3.63) is 53.4 Å². The molecule has 8 heteroatoms. The first-order valence-corrected chi connectivity index (χ1v) is 10.7. The molecule has 0 radical (unpaired) electrons. The Labute approximate surface area is 188 Å². The van der Waals surface area contributed by atoms with Gasteiger partial charge in [-0.2, -0.15) is 0 Å². The summed E-state index contributed by atoms with van der Waals surface area (Å²) in [6.07, 6.45) is 6.36. The van der Waals surface area contributed by atoms with Crippen molar-refractivity contribution in [2.75, 3.05) is 13.2 Å². The van der Waals surface area contributed by atoms with Crippen LogP contribution in [0.25, 0.3) is 17.2 Å². The number of hydrogen-bond acceptors (Lipinski definition) is 6. The van der Waals surface area contributed by atoms with Gasteiger partial charge in [-0.05, 0) is 42.7 Å². The molecule has 0 spiro atoms. The third-order valence-electron chi connectivity index (χ3n) is 4.88. The molecular formula is C24H29N5O3. The lowest BCUT2D eigenvalue weighted by Gasteiger charge is -2.21. The molecule has 8 nitrogen and oxygen atoms in total. The van der Waals surface area contributed by atoms with Crippen LogP contribution < -0.4 is 11.1 Å². The van der Waals surface area contributed by atoms with E-state index in [1.165, 1.54) is 12.0 Å². The summed E-state index contributed by atoms with van der Waals surface area (Å²) in [5, 5.41) is 4.17. The van der Waals surface area contributed by atoms with Crippen LogP contribution in [-0.2, 0) is 21.0 Å². The third-order valence-corrected chi connectivity index (χ3v) is 4.88. The second kappa shape index (κ2) is 10.7. The number of nitrogens with zero attached hydrogens (tertiary/aromatic N) is 3. The number of amidine groups is 1. The number of pyridine rings is 1. The topological polar surface area (TPSA) is 110 Å². The van der Waals surface area contributed by atoms with E-state index in [1.807, 2.05) is 44.2 Å². The number of nitrogens with two attached hydrogens (primary N) is 1. The number of benzene rings is 1. The molecule has 2 heterocycles. The Hall–Kier alpha value is -3.52. The standard InChI is InChI=1S/C24H29N5O3/c1-4-8-29(32-5-2)24(31)20-10-19-7-6-18(11-22(19)28-23(25)12-20)21-9-17(13-26-15-21)14-27-16(3)30/h6-7,9-11,13,15H,4-5,8,12,14H2,1-3H3,(H2,25,28)(H,27,30). The molecule has 2 amide bonds. The molecule has 0 fully saturated rings. The normalized spacial score (nSPS) is 12.8. The van der Waals surface area contributed by atoms with E-state index in [0.717, 1.165) is 28.7 Å². The van der Waals surface area contributed by atoms with Gasteiger partial charge in [0.1, 0.15) is 5.84 Å². The highest BCUT2D eigenvalue weighted by atomic mass is 16.7. The smallest absolute Gasteiger partial charge is 0.273 e. The number of hydroxylamine groups is 2. The van der Waals surface area contributed by atoms with E-state index in [-0.39, 0.29) is 18.2 Å². The Kier molecular flexibility index (Phi) is 7.72. The van der Waals surface area contributed by atoms with Crippen molar-refractivity contribution in [1.29, 1.82) is 0 Å². The number of aromatic nitrogens is 1. The van der Waals surface area contributed by atoms with Crippen LogP contribution in [0.2, 0.25) is 0 Å². The van der Waals surface area contributed by atoms with E-state index >= 15 is 0 Å². The maximum absolute atomic E-state index is 13.0. The summed E-state index contributed by atoms with van der Waals surface area (Å²) < 4.78 is 0. The SMILES string of the molecule is CCCN(OCC)C(=O)C1=Cc2ccc(-c3cncc(CNC(C)=O)c3)cc2N=C(N)C1. The van der Waals surface area contributed by atoms with Crippen LogP contribution in [0.1, 0.15) is 44.7 Å². The van der Waals surface area contributed by atoms with Gasteiger partial charge in [0, 0.05) is 55.5 Å². The van der Waals surface area contributed by atoms with Crippen molar-refractivity contribution in [2.24, 2.45) is 10.7 Å². The number of nitrogens with one attached hydrogen (secondary N) is 1. The zero-order valence-electron chi connectivity index (χ0n) is 18.7. The van der Waals surface area contributed by atoms with Gasteiger partial charge in [-0.1, -0.05) is 19.1 Å². The van der Waals surface area contributed by atoms with E-state index in [1.54, 1.807) is 12.4 Å². The van der Waals surface area contributed by atoms with Crippen LogP contribution in [0.4, 0.5) is 5.69 Å². The van der Waals surface area contributed by atoms with Crippen LogP contribution in [0.3, 0.4) is 0 Å². The fourth-order valence-corrected chi connectivity index (χ4v) is 3.42. The first-order valence-electron chi connectivity index (χ1n) is 10.7. The van der Waals surface area contributed by atoms with Gasteiger partial charge >= 0.3 is 0 Å². The first-order chi connectivity index (χ1) is 15.4. The summed E-state index contributed by atoms with van der Waals surface area (Å²) in [7, 11) is 0. The van der Waals surface area contributed by atoms with Gasteiger partial charge in [0.2, 0.25) is 5.91 Å². The Morgan fingerprint density at radius 3 is 2.72 bits per heavy atom. The summed E-state index contributed by atoms with van der Waals surface area (Å²) >= 11 is 0. The number of carbonyl (C=O) groups excluding carboxylic acids is 2. The lowest BCUT2D eigenvalue weighted by molar-refractivity contribution is -0.180. The largest absolute Gasteiger partial charge is 0.387 e. The van der Waals surface area contributed by atoms with Crippen LogP contribution >= 0.6 is 0 Å². The predicted molar refractivity (Wildman–Crippen MR) is 125 cm³/mol. The Morgan fingerprint density at radius 1 is 1.19 bits per heavy atom. The van der Waals surface area contributed by atoms with E-state index in [9.17, 15) is 9.59 Å². The molecule has 1 aliphatic rings. The number of fused-ring (bicyclic) bond motifs is 1. The molecule has 32 heavy (non-hydrogen) atoms. The fraction of sp³-hybridized carbons (Fsp3) is 0.333. The van der Waals surface area contributed by atoms with Crippen LogP contribution in [0.15, 0.2) is 47.2 Å². The maximum atomic E-state index is 13.0. The summed E-state index contributed by atoms with van der Waals surface area (Å²) in [5.41, 5.74) is 10.9. The minimum absolute atomic E-state index is 0.0933. The number of carbonyl (C=O) groups is 2. The monoisotopic (exact) mass is 435 g/mol. The molecule has 168 valence electrons. The van der Waals surface area contributed by atoms with Crippen molar-refractivity contribution >= 4 is 29.4 Å². The minimum Gasteiger partial charge on any atom is -0.387 e. The third kappa shape index (κ3) is 5.79. The Morgan fingerprint density at radius 2 is 2.00 bits per heavy atom. The molecule has 1 aromatic carbocycles. The average Bonchev–Trinajstić information content (AvgIpc) is 2.94. The van der Waals surface area contributed by atoms with Crippen molar-refractivity contribution in [2.45, 2.75) is 40.2 Å². The lowest BCUT2D eigenvalue weighted by Crippen LogP contribution is -2.34. The molecule has 0 atom stereocenters. The van der Waals surface area contributed by atoms with Gasteiger partial charge in [-0.25, -0.2) is 10.1 Å². The molecule has 0 saturated carbocycles. The quantitative estimate of drug-likeness (QED) is 0.618. The van der Waals surface area contributed by atoms with Gasteiger partial charge in [-0.15, -0.1) is 0 Å². The zero-order chi connectivity index (χ0) is 23.1. The van der Waals surface area contributed by atoms with Gasteiger partial charge in [0.15, 0.2) is 0 Å². The predicted octanol–water partition coefficient (Wildman–Crippen LogP) is 3.35. The molecule has 0 unspecified atom stereocenters. The maximum Gasteiger partial charge on any atom is 0.273 e. The second-order valence-electron chi connectivity index (χ2n) is 7.54. The van der Waals surface area contributed by atoms with Gasteiger partial charge < -0.3 is 11.1 Å². The van der Waals surface area contributed by atoms with E-state index < -0.39 is 0 Å². The summed E-state index contributed by atoms with van der Waals surface area (Å²) in [6.45, 7) is 6.66. The Balaban J connectivity index is 1.92. The van der Waals surface area contributed by atoms with Crippen LogP contribution in [0, 0.1) is 0 Å². The van der Waals surface area contributed by atoms with E-state index in [4.69, 9.17) is 10.6 Å². The number of rotatable bonds is 8. The molecule has 1 aliphatic heterocycles. The molecule has 3 rings (SSSR count). The summed E-state index contributed by atoms with van der Waals surface area (Å²) in [5.74, 6) is 0.0776. The van der Waals surface area contributed by atoms with Crippen molar-refractivity contribution in [3.8, 4) is 11.1 Å². The molecule has 0 aliphatic carbocycles. The highest BCUT2D eigenvalue weighted by Crippen LogP contribution is 2.32. The molecular weight excluding hydrogens is 406 g/mol. The fourth-order valence-electron chi connectivity index (χ4n) is 3.42. The van der Waals surface area contributed by atoms with Crippen LogP contribution in [0.5, 0.6) is 0 Å². The molecule has 0 saturated heterocycles. The highest BCUT2D eigenvalue weighted by Gasteiger charge is 2.22. The molecule has 2 aromatic rings. The number of amides is 2. The Bertz CT molecular complexity index is 1060. The highest BCUT2D eigenvalue weighted by molar-refractivity contribution is 6.05. The number of aliphatic imine (C=N–C) groups is 1. The molecule has 1 aromatic heterocycles. The minimum atomic E-state index is -0.196. The second-order valence-corrected chi connectivity index (χ2v) is 7.54. The van der Waals surface area contributed by atoms with Crippen molar-refractivity contribution in [3.63, 3.8) is 0 Å². The average molecular weight is 436 g/mol.